The van der Waals surface area contributed by atoms with Gasteiger partial charge < -0.3 is 5.73 Å². The van der Waals surface area contributed by atoms with Gasteiger partial charge in [-0.2, -0.15) is 0 Å². The van der Waals surface area contributed by atoms with Crippen molar-refractivity contribution >= 4 is 5.78 Å². The van der Waals surface area contributed by atoms with Crippen molar-refractivity contribution in [3.05, 3.63) is 35.4 Å². The van der Waals surface area contributed by atoms with Crippen molar-refractivity contribution in [1.29, 1.82) is 0 Å². The van der Waals surface area contributed by atoms with Crippen LogP contribution in [0, 0.1) is 0 Å². The van der Waals surface area contributed by atoms with E-state index < -0.39 is 0 Å². The Morgan fingerprint density at radius 2 is 2.23 bits per heavy atom. The van der Waals surface area contributed by atoms with Crippen LogP contribution < -0.4 is 5.73 Å². The normalized spacial score (nSPS) is 12.5. The zero-order valence-electron chi connectivity index (χ0n) is 8.08. The maximum absolute atomic E-state index is 11.1. The Balaban J connectivity index is 2.85. The SMILES string of the molecule is CC(=O)c1cccc(C[C@H](C)N)c1. The number of rotatable bonds is 3. The van der Waals surface area contributed by atoms with Crippen LogP contribution in [0.1, 0.15) is 29.8 Å². The maximum Gasteiger partial charge on any atom is 0.159 e. The predicted octanol–water partition coefficient (Wildman–Crippen LogP) is 1.78. The van der Waals surface area contributed by atoms with Crippen LogP contribution in [0.15, 0.2) is 24.3 Å². The highest BCUT2D eigenvalue weighted by Gasteiger charge is 2.01. The van der Waals surface area contributed by atoms with Gasteiger partial charge in [0.25, 0.3) is 0 Å². The fourth-order valence-corrected chi connectivity index (χ4v) is 1.29. The summed E-state index contributed by atoms with van der Waals surface area (Å²) < 4.78 is 0. The molecule has 70 valence electrons. The van der Waals surface area contributed by atoms with Crippen molar-refractivity contribution in [2.24, 2.45) is 5.73 Å². The first-order valence-electron chi connectivity index (χ1n) is 4.45. The number of Topliss-reactive ketones (excluding diaryl/α,β-unsaturated/α-hetero) is 1. The zero-order valence-corrected chi connectivity index (χ0v) is 8.08. The lowest BCUT2D eigenvalue weighted by atomic mass is 10.0. The minimum atomic E-state index is 0.103. The maximum atomic E-state index is 11.1. The van der Waals surface area contributed by atoms with Crippen molar-refractivity contribution in [2.45, 2.75) is 26.3 Å². The predicted molar refractivity (Wildman–Crippen MR) is 53.8 cm³/mol. The van der Waals surface area contributed by atoms with Crippen molar-refractivity contribution in [3.63, 3.8) is 0 Å². The van der Waals surface area contributed by atoms with Crippen molar-refractivity contribution in [1.82, 2.24) is 0 Å². The first kappa shape index (κ1) is 9.93. The van der Waals surface area contributed by atoms with E-state index in [4.69, 9.17) is 5.73 Å². The molecule has 1 atom stereocenters. The summed E-state index contributed by atoms with van der Waals surface area (Å²) in [5, 5.41) is 0. The van der Waals surface area contributed by atoms with Crippen LogP contribution in [0.4, 0.5) is 0 Å². The van der Waals surface area contributed by atoms with E-state index in [2.05, 4.69) is 0 Å². The topological polar surface area (TPSA) is 43.1 Å². The second kappa shape index (κ2) is 4.19. The van der Waals surface area contributed by atoms with Crippen molar-refractivity contribution < 1.29 is 4.79 Å². The summed E-state index contributed by atoms with van der Waals surface area (Å²) in [5.74, 6) is 0.103. The van der Waals surface area contributed by atoms with Gasteiger partial charge in [0.1, 0.15) is 0 Å². The van der Waals surface area contributed by atoms with E-state index in [9.17, 15) is 4.79 Å². The molecule has 2 heteroatoms. The number of nitrogens with two attached hydrogens (primary N) is 1. The Kier molecular flexibility index (Phi) is 3.20. The Morgan fingerprint density at radius 1 is 1.54 bits per heavy atom. The van der Waals surface area contributed by atoms with Crippen LogP contribution in [-0.4, -0.2) is 11.8 Å². The molecule has 0 radical (unpaired) electrons. The van der Waals surface area contributed by atoms with Gasteiger partial charge in [-0.25, -0.2) is 0 Å². The number of carbonyl (C=O) groups excluding carboxylic acids is 1. The molecule has 1 aromatic rings. The molecule has 0 aliphatic carbocycles. The van der Waals surface area contributed by atoms with Crippen LogP contribution >= 0.6 is 0 Å². The summed E-state index contributed by atoms with van der Waals surface area (Å²) in [4.78, 5) is 11.1. The molecule has 2 nitrogen and oxygen atoms in total. The lowest BCUT2D eigenvalue weighted by Gasteiger charge is -2.05. The molecule has 13 heavy (non-hydrogen) atoms. The van der Waals surface area contributed by atoms with Crippen molar-refractivity contribution in [3.8, 4) is 0 Å². The molecule has 0 bridgehead atoms. The van der Waals surface area contributed by atoms with Gasteiger partial charge >= 0.3 is 0 Å². The second-order valence-electron chi connectivity index (χ2n) is 3.44. The molecule has 0 fully saturated rings. The smallest absolute Gasteiger partial charge is 0.159 e. The highest BCUT2D eigenvalue weighted by molar-refractivity contribution is 5.94. The van der Waals surface area contributed by atoms with E-state index >= 15 is 0 Å². The van der Waals surface area contributed by atoms with E-state index in [0.717, 1.165) is 17.5 Å². The fraction of sp³-hybridized carbons (Fsp3) is 0.364. The van der Waals surface area contributed by atoms with Crippen LogP contribution in [0.2, 0.25) is 0 Å². The first-order chi connectivity index (χ1) is 6.09. The standard InChI is InChI=1S/C11H15NO/c1-8(12)6-10-4-3-5-11(7-10)9(2)13/h3-5,7-8H,6,12H2,1-2H3/t8-/m0/s1. The molecular weight excluding hydrogens is 162 g/mol. The fourth-order valence-electron chi connectivity index (χ4n) is 1.29. The van der Waals surface area contributed by atoms with Crippen molar-refractivity contribution in [2.75, 3.05) is 0 Å². The summed E-state index contributed by atoms with van der Waals surface area (Å²) in [6.07, 6.45) is 0.821. The van der Waals surface area contributed by atoms with E-state index in [1.807, 2.05) is 31.2 Å². The molecule has 0 amide bonds. The van der Waals surface area contributed by atoms with Crippen LogP contribution in [0.3, 0.4) is 0 Å². The Labute approximate surface area is 78.8 Å². The van der Waals surface area contributed by atoms with Gasteiger partial charge in [0, 0.05) is 11.6 Å². The third-order valence-electron chi connectivity index (χ3n) is 1.89. The number of hydrogen-bond acceptors (Lipinski definition) is 2. The van der Waals surface area contributed by atoms with Gasteiger partial charge in [0.2, 0.25) is 0 Å². The Bertz CT molecular complexity index is 305. The Morgan fingerprint density at radius 3 is 2.77 bits per heavy atom. The summed E-state index contributed by atoms with van der Waals surface area (Å²) in [7, 11) is 0. The lowest BCUT2D eigenvalue weighted by molar-refractivity contribution is 0.101. The number of carbonyl (C=O) groups is 1. The third-order valence-corrected chi connectivity index (χ3v) is 1.89. The zero-order chi connectivity index (χ0) is 9.84. The third kappa shape index (κ3) is 2.99. The van der Waals surface area contributed by atoms with E-state index in [1.54, 1.807) is 6.92 Å². The minimum absolute atomic E-state index is 0.103. The molecule has 2 N–H and O–H groups in total. The summed E-state index contributed by atoms with van der Waals surface area (Å²) >= 11 is 0. The van der Waals surface area contributed by atoms with Crippen LogP contribution in [0.25, 0.3) is 0 Å². The molecule has 0 saturated carbocycles. The molecular formula is C11H15NO. The van der Waals surface area contributed by atoms with Gasteiger partial charge in [-0.05, 0) is 31.9 Å². The van der Waals surface area contributed by atoms with Crippen LogP contribution in [0.5, 0.6) is 0 Å². The van der Waals surface area contributed by atoms with Gasteiger partial charge in [0.05, 0.1) is 0 Å². The highest BCUT2D eigenvalue weighted by Crippen LogP contribution is 2.07. The number of ketones is 1. The second-order valence-corrected chi connectivity index (χ2v) is 3.44. The molecule has 0 spiro atoms. The molecule has 1 aromatic carbocycles. The average molecular weight is 177 g/mol. The van der Waals surface area contributed by atoms with E-state index in [1.165, 1.54) is 0 Å². The van der Waals surface area contributed by atoms with E-state index in [-0.39, 0.29) is 11.8 Å². The van der Waals surface area contributed by atoms with E-state index in [0.29, 0.717) is 0 Å². The molecule has 0 unspecified atom stereocenters. The molecule has 0 heterocycles. The number of benzene rings is 1. The summed E-state index contributed by atoms with van der Waals surface area (Å²) in [6, 6.07) is 7.77. The Hall–Kier alpha value is -1.15. The van der Waals surface area contributed by atoms with Crippen LogP contribution in [-0.2, 0) is 6.42 Å². The highest BCUT2D eigenvalue weighted by atomic mass is 16.1. The van der Waals surface area contributed by atoms with Gasteiger partial charge in [0.15, 0.2) is 5.78 Å². The molecule has 0 aliphatic rings. The summed E-state index contributed by atoms with van der Waals surface area (Å²) in [6.45, 7) is 3.53. The lowest BCUT2D eigenvalue weighted by Crippen LogP contribution is -2.17. The first-order valence-corrected chi connectivity index (χ1v) is 4.45. The summed E-state index contributed by atoms with van der Waals surface area (Å²) in [5.41, 5.74) is 7.56. The quantitative estimate of drug-likeness (QED) is 0.715. The molecule has 0 saturated heterocycles. The monoisotopic (exact) mass is 177 g/mol. The largest absolute Gasteiger partial charge is 0.328 e. The molecule has 0 aliphatic heterocycles. The van der Waals surface area contributed by atoms with Gasteiger partial charge in [-0.1, -0.05) is 18.2 Å². The average Bonchev–Trinajstić information content (AvgIpc) is 2.03. The van der Waals surface area contributed by atoms with Gasteiger partial charge in [-0.15, -0.1) is 0 Å². The molecule has 1 rings (SSSR count). The minimum Gasteiger partial charge on any atom is -0.328 e. The number of hydrogen-bond donors (Lipinski definition) is 1. The molecule has 0 aromatic heterocycles. The van der Waals surface area contributed by atoms with Gasteiger partial charge in [-0.3, -0.25) is 4.79 Å².